The molecule has 0 unspecified atom stereocenters. The van der Waals surface area contributed by atoms with E-state index in [1.54, 1.807) is 6.07 Å². The molecule has 1 saturated carbocycles. The molecule has 5 heteroatoms. The van der Waals surface area contributed by atoms with Gasteiger partial charge in [-0.1, -0.05) is 24.4 Å². The van der Waals surface area contributed by atoms with Crippen molar-refractivity contribution in [1.82, 2.24) is 9.97 Å². The van der Waals surface area contributed by atoms with E-state index in [1.165, 1.54) is 12.8 Å². The van der Waals surface area contributed by atoms with E-state index in [-0.39, 0.29) is 0 Å². The van der Waals surface area contributed by atoms with Crippen molar-refractivity contribution in [3.63, 3.8) is 0 Å². The van der Waals surface area contributed by atoms with E-state index in [0.717, 1.165) is 12.3 Å². The smallest absolute Gasteiger partial charge is 0.218 e. The van der Waals surface area contributed by atoms with Gasteiger partial charge in [0.05, 0.1) is 6.61 Å². The van der Waals surface area contributed by atoms with Gasteiger partial charge in [0.15, 0.2) is 5.82 Å². The van der Waals surface area contributed by atoms with Gasteiger partial charge in [-0.15, -0.1) is 0 Å². The molecule has 0 amide bonds. The summed E-state index contributed by atoms with van der Waals surface area (Å²) in [4.78, 5) is 8.32. The third-order valence-corrected chi connectivity index (χ3v) is 2.82. The van der Waals surface area contributed by atoms with Gasteiger partial charge in [0.2, 0.25) is 5.88 Å². The van der Waals surface area contributed by atoms with Crippen LogP contribution in [0.2, 0.25) is 5.15 Å². The summed E-state index contributed by atoms with van der Waals surface area (Å²) in [6.45, 7) is 3.63. The second-order valence-electron chi connectivity index (χ2n) is 4.16. The number of halogens is 1. The fourth-order valence-corrected chi connectivity index (χ4v) is 1.70. The van der Waals surface area contributed by atoms with Crippen LogP contribution in [0.15, 0.2) is 6.07 Å². The molecule has 0 radical (unpaired) electrons. The molecular formula is C12H17ClN2O2. The average molecular weight is 257 g/mol. The Kier molecular flexibility index (Phi) is 4.57. The van der Waals surface area contributed by atoms with Gasteiger partial charge in [-0.3, -0.25) is 0 Å². The van der Waals surface area contributed by atoms with Gasteiger partial charge in [0.25, 0.3) is 0 Å². The SMILES string of the molecule is CCOCc1nc(Cl)cc(OCCC2CC2)n1. The van der Waals surface area contributed by atoms with Crippen LogP contribution in [-0.4, -0.2) is 23.2 Å². The second kappa shape index (κ2) is 6.17. The quantitative estimate of drug-likeness (QED) is 0.704. The van der Waals surface area contributed by atoms with Crippen LogP contribution in [-0.2, 0) is 11.3 Å². The van der Waals surface area contributed by atoms with E-state index in [4.69, 9.17) is 21.1 Å². The van der Waals surface area contributed by atoms with Crippen molar-refractivity contribution in [3.05, 3.63) is 17.0 Å². The van der Waals surface area contributed by atoms with Crippen molar-refractivity contribution in [2.24, 2.45) is 5.92 Å². The maximum absolute atomic E-state index is 5.90. The molecule has 2 rings (SSSR count). The van der Waals surface area contributed by atoms with Crippen LogP contribution in [0.5, 0.6) is 5.88 Å². The first kappa shape index (κ1) is 12.6. The Hall–Kier alpha value is -0.870. The van der Waals surface area contributed by atoms with Crippen molar-refractivity contribution in [1.29, 1.82) is 0 Å². The maximum Gasteiger partial charge on any atom is 0.218 e. The fourth-order valence-electron chi connectivity index (χ4n) is 1.51. The highest BCUT2D eigenvalue weighted by molar-refractivity contribution is 6.29. The van der Waals surface area contributed by atoms with E-state index in [9.17, 15) is 0 Å². The minimum absolute atomic E-state index is 0.371. The maximum atomic E-state index is 5.90. The molecular weight excluding hydrogens is 240 g/mol. The molecule has 17 heavy (non-hydrogen) atoms. The van der Waals surface area contributed by atoms with Gasteiger partial charge in [0.1, 0.15) is 11.8 Å². The van der Waals surface area contributed by atoms with E-state index in [0.29, 0.717) is 36.7 Å². The van der Waals surface area contributed by atoms with Gasteiger partial charge >= 0.3 is 0 Å². The molecule has 0 spiro atoms. The molecule has 0 saturated heterocycles. The first-order valence-corrected chi connectivity index (χ1v) is 6.39. The molecule has 1 fully saturated rings. The summed E-state index contributed by atoms with van der Waals surface area (Å²) in [6.07, 6.45) is 3.77. The third kappa shape index (κ3) is 4.48. The van der Waals surface area contributed by atoms with Gasteiger partial charge < -0.3 is 9.47 Å². The van der Waals surface area contributed by atoms with Crippen LogP contribution in [0.3, 0.4) is 0 Å². The van der Waals surface area contributed by atoms with Crippen LogP contribution in [0, 0.1) is 5.92 Å². The summed E-state index contributed by atoms with van der Waals surface area (Å²) in [7, 11) is 0. The predicted molar refractivity (Wildman–Crippen MR) is 65.2 cm³/mol. The average Bonchev–Trinajstić information content (AvgIpc) is 3.10. The van der Waals surface area contributed by atoms with Crippen molar-refractivity contribution in [2.45, 2.75) is 32.8 Å². The zero-order valence-corrected chi connectivity index (χ0v) is 10.7. The lowest BCUT2D eigenvalue weighted by Gasteiger charge is -2.07. The molecule has 0 N–H and O–H groups in total. The molecule has 94 valence electrons. The van der Waals surface area contributed by atoms with Gasteiger partial charge in [0, 0.05) is 12.7 Å². The summed E-state index contributed by atoms with van der Waals surface area (Å²) in [6, 6.07) is 1.64. The van der Waals surface area contributed by atoms with Crippen molar-refractivity contribution in [2.75, 3.05) is 13.2 Å². The topological polar surface area (TPSA) is 44.2 Å². The molecule has 0 bridgehead atoms. The zero-order chi connectivity index (χ0) is 12.1. The highest BCUT2D eigenvalue weighted by Crippen LogP contribution is 2.32. The third-order valence-electron chi connectivity index (χ3n) is 2.63. The number of rotatable bonds is 7. The standard InChI is InChI=1S/C12H17ClN2O2/c1-2-16-8-11-14-10(13)7-12(15-11)17-6-5-9-3-4-9/h7,9H,2-6,8H2,1H3. The summed E-state index contributed by atoms with van der Waals surface area (Å²) in [5.74, 6) is 1.97. The Labute approximate surface area is 106 Å². The Morgan fingerprint density at radius 2 is 2.24 bits per heavy atom. The number of hydrogen-bond acceptors (Lipinski definition) is 4. The van der Waals surface area contributed by atoms with Gasteiger partial charge in [-0.25, -0.2) is 4.98 Å². The lowest BCUT2D eigenvalue weighted by atomic mass is 10.3. The zero-order valence-electron chi connectivity index (χ0n) is 9.99. The number of hydrogen-bond donors (Lipinski definition) is 0. The summed E-state index contributed by atoms with van der Waals surface area (Å²) in [5, 5.41) is 0.399. The van der Waals surface area contributed by atoms with E-state index in [2.05, 4.69) is 9.97 Å². The molecule has 4 nitrogen and oxygen atoms in total. The number of nitrogens with zero attached hydrogens (tertiary/aromatic N) is 2. The van der Waals surface area contributed by atoms with Crippen LogP contribution >= 0.6 is 11.6 Å². The van der Waals surface area contributed by atoms with Gasteiger partial charge in [-0.05, 0) is 19.3 Å². The number of ether oxygens (including phenoxy) is 2. The van der Waals surface area contributed by atoms with E-state index in [1.807, 2.05) is 6.92 Å². The van der Waals surface area contributed by atoms with Gasteiger partial charge in [-0.2, -0.15) is 4.98 Å². The first-order valence-electron chi connectivity index (χ1n) is 6.02. The highest BCUT2D eigenvalue weighted by Gasteiger charge is 2.20. The Balaban J connectivity index is 1.87. The first-order chi connectivity index (χ1) is 8.28. The monoisotopic (exact) mass is 256 g/mol. The fraction of sp³-hybridized carbons (Fsp3) is 0.667. The number of aromatic nitrogens is 2. The molecule has 0 aromatic carbocycles. The largest absolute Gasteiger partial charge is 0.478 e. The lowest BCUT2D eigenvalue weighted by Crippen LogP contribution is -2.04. The summed E-state index contributed by atoms with van der Waals surface area (Å²) >= 11 is 5.90. The predicted octanol–water partition coefficient (Wildman–Crippen LogP) is 2.85. The molecule has 1 aromatic rings. The van der Waals surface area contributed by atoms with Crippen LogP contribution in [0.1, 0.15) is 32.0 Å². The summed E-state index contributed by atoms with van der Waals surface area (Å²) in [5.41, 5.74) is 0. The molecule has 0 atom stereocenters. The van der Waals surface area contributed by atoms with Crippen molar-refractivity contribution < 1.29 is 9.47 Å². The molecule has 1 aromatic heterocycles. The minimum Gasteiger partial charge on any atom is -0.478 e. The van der Waals surface area contributed by atoms with E-state index >= 15 is 0 Å². The molecule has 1 aliphatic carbocycles. The minimum atomic E-state index is 0.371. The Bertz CT molecular complexity index is 370. The second-order valence-corrected chi connectivity index (χ2v) is 4.55. The summed E-state index contributed by atoms with van der Waals surface area (Å²) < 4.78 is 10.8. The van der Waals surface area contributed by atoms with Crippen molar-refractivity contribution in [3.8, 4) is 5.88 Å². The van der Waals surface area contributed by atoms with Crippen LogP contribution in [0.4, 0.5) is 0 Å². The lowest BCUT2D eigenvalue weighted by molar-refractivity contribution is 0.127. The van der Waals surface area contributed by atoms with Crippen LogP contribution < -0.4 is 4.74 Å². The molecule has 1 aliphatic rings. The Morgan fingerprint density at radius 1 is 1.41 bits per heavy atom. The van der Waals surface area contributed by atoms with E-state index < -0.39 is 0 Å². The molecule has 1 heterocycles. The normalized spacial score (nSPS) is 14.9. The molecule has 0 aliphatic heterocycles. The van der Waals surface area contributed by atoms with Crippen molar-refractivity contribution >= 4 is 11.6 Å². The highest BCUT2D eigenvalue weighted by atomic mass is 35.5. The Morgan fingerprint density at radius 3 is 2.94 bits per heavy atom. The van der Waals surface area contributed by atoms with Crippen LogP contribution in [0.25, 0.3) is 0 Å².